The van der Waals surface area contributed by atoms with Gasteiger partial charge in [0.2, 0.25) is 5.91 Å². The quantitative estimate of drug-likeness (QED) is 0.441. The van der Waals surface area contributed by atoms with Crippen molar-refractivity contribution in [3.63, 3.8) is 0 Å². The molecule has 0 unspecified atom stereocenters. The zero-order valence-electron chi connectivity index (χ0n) is 8.79. The minimum atomic E-state index is 0.0325. The zero-order chi connectivity index (χ0) is 10.8. The number of rotatable bonds is 8. The Morgan fingerprint density at radius 2 is 2.43 bits per heavy atom. The molecule has 0 rings (SSSR count). The standard InChI is InChI=1S/C10H20N2O2/c1-3-6-14-7-4-5-10(13)12-9(2)8-11/h3,9H,1,4-8,11H2,2H3,(H,12,13)/t9-/m0/s1. The third-order valence-corrected chi connectivity index (χ3v) is 1.69. The van der Waals surface area contributed by atoms with Gasteiger partial charge in [-0.3, -0.25) is 4.79 Å². The molecule has 4 heteroatoms. The van der Waals surface area contributed by atoms with Crippen LogP contribution >= 0.6 is 0 Å². The summed E-state index contributed by atoms with van der Waals surface area (Å²) >= 11 is 0. The molecule has 4 nitrogen and oxygen atoms in total. The predicted molar refractivity (Wildman–Crippen MR) is 56.9 cm³/mol. The zero-order valence-corrected chi connectivity index (χ0v) is 8.79. The highest BCUT2D eigenvalue weighted by Crippen LogP contribution is 1.91. The Labute approximate surface area is 85.5 Å². The molecular formula is C10H20N2O2. The fourth-order valence-corrected chi connectivity index (χ4v) is 0.907. The van der Waals surface area contributed by atoms with Gasteiger partial charge in [0.1, 0.15) is 0 Å². The van der Waals surface area contributed by atoms with Crippen molar-refractivity contribution in [2.45, 2.75) is 25.8 Å². The van der Waals surface area contributed by atoms with E-state index in [1.807, 2.05) is 6.92 Å². The predicted octanol–water partition coefficient (Wildman–Crippen LogP) is 0.433. The summed E-state index contributed by atoms with van der Waals surface area (Å²) in [7, 11) is 0. The molecule has 82 valence electrons. The van der Waals surface area contributed by atoms with E-state index in [2.05, 4.69) is 11.9 Å². The number of carbonyl (C=O) groups is 1. The number of nitrogens with two attached hydrogens (primary N) is 1. The second kappa shape index (κ2) is 8.72. The van der Waals surface area contributed by atoms with E-state index in [1.54, 1.807) is 6.08 Å². The molecule has 0 bridgehead atoms. The van der Waals surface area contributed by atoms with Crippen molar-refractivity contribution in [1.82, 2.24) is 5.32 Å². The summed E-state index contributed by atoms with van der Waals surface area (Å²) in [6.07, 6.45) is 2.91. The first-order valence-electron chi connectivity index (χ1n) is 4.88. The van der Waals surface area contributed by atoms with Crippen molar-refractivity contribution in [2.24, 2.45) is 5.73 Å². The van der Waals surface area contributed by atoms with Crippen molar-refractivity contribution < 1.29 is 9.53 Å². The van der Waals surface area contributed by atoms with E-state index in [-0.39, 0.29) is 11.9 Å². The molecule has 0 aromatic rings. The Morgan fingerprint density at radius 1 is 1.71 bits per heavy atom. The van der Waals surface area contributed by atoms with Gasteiger partial charge in [0.15, 0.2) is 0 Å². The molecule has 0 aliphatic rings. The van der Waals surface area contributed by atoms with Crippen molar-refractivity contribution in [1.29, 1.82) is 0 Å². The topological polar surface area (TPSA) is 64.3 Å². The fourth-order valence-electron chi connectivity index (χ4n) is 0.907. The average molecular weight is 200 g/mol. The van der Waals surface area contributed by atoms with Gasteiger partial charge in [-0.1, -0.05) is 6.08 Å². The van der Waals surface area contributed by atoms with E-state index in [0.29, 0.717) is 26.2 Å². The van der Waals surface area contributed by atoms with E-state index in [0.717, 1.165) is 6.42 Å². The van der Waals surface area contributed by atoms with Crippen LogP contribution in [-0.2, 0) is 9.53 Å². The van der Waals surface area contributed by atoms with Crippen LogP contribution in [0.5, 0.6) is 0 Å². The molecule has 14 heavy (non-hydrogen) atoms. The first-order chi connectivity index (χ1) is 6.70. The van der Waals surface area contributed by atoms with Crippen molar-refractivity contribution in [2.75, 3.05) is 19.8 Å². The molecule has 0 saturated carbocycles. The van der Waals surface area contributed by atoms with Crippen LogP contribution in [0.4, 0.5) is 0 Å². The first kappa shape index (κ1) is 13.1. The lowest BCUT2D eigenvalue weighted by Crippen LogP contribution is -2.37. The van der Waals surface area contributed by atoms with Gasteiger partial charge < -0.3 is 15.8 Å². The van der Waals surface area contributed by atoms with Gasteiger partial charge in [0, 0.05) is 25.6 Å². The summed E-state index contributed by atoms with van der Waals surface area (Å²) in [6, 6.07) is 0.0524. The number of nitrogens with one attached hydrogen (secondary N) is 1. The fraction of sp³-hybridized carbons (Fsp3) is 0.700. The van der Waals surface area contributed by atoms with E-state index >= 15 is 0 Å². The summed E-state index contributed by atoms with van der Waals surface area (Å²) in [5, 5.41) is 2.78. The van der Waals surface area contributed by atoms with Crippen molar-refractivity contribution >= 4 is 5.91 Å². The highest BCUT2D eigenvalue weighted by atomic mass is 16.5. The van der Waals surface area contributed by atoms with Crippen LogP contribution in [0.15, 0.2) is 12.7 Å². The van der Waals surface area contributed by atoms with Gasteiger partial charge in [-0.05, 0) is 13.3 Å². The summed E-state index contributed by atoms with van der Waals surface area (Å²) in [5.41, 5.74) is 5.36. The molecule has 3 N–H and O–H groups in total. The maximum atomic E-state index is 11.2. The molecule has 0 saturated heterocycles. The Morgan fingerprint density at radius 3 is 3.00 bits per heavy atom. The maximum absolute atomic E-state index is 11.2. The molecule has 1 amide bonds. The van der Waals surface area contributed by atoms with Gasteiger partial charge in [-0.25, -0.2) is 0 Å². The van der Waals surface area contributed by atoms with Crippen LogP contribution in [0.3, 0.4) is 0 Å². The molecule has 0 aliphatic heterocycles. The number of hydrogen-bond donors (Lipinski definition) is 2. The Kier molecular flexibility index (Phi) is 8.17. The Balaban J connectivity index is 3.31. The third-order valence-electron chi connectivity index (χ3n) is 1.69. The van der Waals surface area contributed by atoms with Crippen LogP contribution in [0, 0.1) is 0 Å². The van der Waals surface area contributed by atoms with Crippen LogP contribution in [0.25, 0.3) is 0 Å². The smallest absolute Gasteiger partial charge is 0.220 e. The number of ether oxygens (including phenoxy) is 1. The Hall–Kier alpha value is -0.870. The van der Waals surface area contributed by atoms with Gasteiger partial charge in [-0.15, -0.1) is 6.58 Å². The highest BCUT2D eigenvalue weighted by molar-refractivity contribution is 5.76. The minimum absolute atomic E-state index is 0.0325. The molecule has 1 atom stereocenters. The van der Waals surface area contributed by atoms with Gasteiger partial charge in [0.25, 0.3) is 0 Å². The van der Waals surface area contributed by atoms with Crippen LogP contribution in [0.1, 0.15) is 19.8 Å². The van der Waals surface area contributed by atoms with Crippen LogP contribution in [0.2, 0.25) is 0 Å². The summed E-state index contributed by atoms with van der Waals surface area (Å²) in [4.78, 5) is 11.2. The summed E-state index contributed by atoms with van der Waals surface area (Å²) < 4.78 is 5.14. The molecule has 0 aromatic carbocycles. The van der Waals surface area contributed by atoms with Crippen molar-refractivity contribution in [3.05, 3.63) is 12.7 Å². The highest BCUT2D eigenvalue weighted by Gasteiger charge is 2.04. The van der Waals surface area contributed by atoms with Gasteiger partial charge in [-0.2, -0.15) is 0 Å². The van der Waals surface area contributed by atoms with E-state index < -0.39 is 0 Å². The monoisotopic (exact) mass is 200 g/mol. The summed E-state index contributed by atoms with van der Waals surface area (Å²) in [6.45, 7) is 7.01. The lowest BCUT2D eigenvalue weighted by Gasteiger charge is -2.10. The van der Waals surface area contributed by atoms with Crippen LogP contribution in [-0.4, -0.2) is 31.7 Å². The first-order valence-corrected chi connectivity index (χ1v) is 4.88. The van der Waals surface area contributed by atoms with E-state index in [4.69, 9.17) is 10.5 Å². The molecule has 0 aliphatic carbocycles. The normalized spacial score (nSPS) is 12.1. The molecule has 0 heterocycles. The average Bonchev–Trinajstić information content (AvgIpc) is 2.17. The van der Waals surface area contributed by atoms with Crippen molar-refractivity contribution in [3.8, 4) is 0 Å². The number of hydrogen-bond acceptors (Lipinski definition) is 3. The molecule has 0 fully saturated rings. The summed E-state index contributed by atoms with van der Waals surface area (Å²) in [5.74, 6) is 0.0325. The van der Waals surface area contributed by atoms with Gasteiger partial charge in [0.05, 0.1) is 6.61 Å². The minimum Gasteiger partial charge on any atom is -0.377 e. The lowest BCUT2D eigenvalue weighted by molar-refractivity contribution is -0.121. The molecule has 0 radical (unpaired) electrons. The molecular weight excluding hydrogens is 180 g/mol. The van der Waals surface area contributed by atoms with E-state index in [9.17, 15) is 4.79 Å². The second-order valence-electron chi connectivity index (χ2n) is 3.17. The SMILES string of the molecule is C=CCOCCCC(=O)N[C@@H](C)CN. The maximum Gasteiger partial charge on any atom is 0.220 e. The lowest BCUT2D eigenvalue weighted by atomic mass is 10.2. The van der Waals surface area contributed by atoms with Crippen LogP contribution < -0.4 is 11.1 Å². The number of amides is 1. The Bertz CT molecular complexity index is 172. The molecule has 0 aromatic heterocycles. The second-order valence-corrected chi connectivity index (χ2v) is 3.17. The van der Waals surface area contributed by atoms with Gasteiger partial charge >= 0.3 is 0 Å². The number of carbonyl (C=O) groups excluding carboxylic acids is 1. The largest absolute Gasteiger partial charge is 0.377 e. The third kappa shape index (κ3) is 7.76. The molecule has 0 spiro atoms. The van der Waals surface area contributed by atoms with E-state index in [1.165, 1.54) is 0 Å².